The summed E-state index contributed by atoms with van der Waals surface area (Å²) in [5, 5.41) is 3.03. The topological polar surface area (TPSA) is 67.4 Å². The number of para-hydroxylation sites is 2. The van der Waals surface area contributed by atoms with E-state index in [-0.39, 0.29) is 11.8 Å². The summed E-state index contributed by atoms with van der Waals surface area (Å²) in [6.45, 7) is 3.87. The van der Waals surface area contributed by atoms with Crippen molar-refractivity contribution < 1.29 is 9.53 Å². The molecule has 1 aliphatic heterocycles. The first-order valence-electron chi connectivity index (χ1n) is 9.85. The van der Waals surface area contributed by atoms with Gasteiger partial charge in [-0.05, 0) is 50.1 Å². The van der Waals surface area contributed by atoms with Crippen molar-refractivity contribution in [2.24, 2.45) is 5.92 Å². The smallest absolute Gasteiger partial charge is 0.258 e. The van der Waals surface area contributed by atoms with Crippen LogP contribution in [0.25, 0.3) is 11.0 Å². The van der Waals surface area contributed by atoms with Crippen molar-refractivity contribution in [1.29, 1.82) is 0 Å². The number of carbonyl (C=O) groups excluding carboxylic acids is 1. The zero-order valence-corrected chi connectivity index (χ0v) is 17.9. The molecule has 1 N–H and O–H groups in total. The van der Waals surface area contributed by atoms with Gasteiger partial charge in [-0.3, -0.25) is 4.79 Å². The number of benzene rings is 2. The lowest BCUT2D eigenvalue weighted by atomic mass is 9.97. The summed E-state index contributed by atoms with van der Waals surface area (Å²) < 4.78 is 6.72. The molecule has 2 heterocycles. The molecule has 6 nitrogen and oxygen atoms in total. The third-order valence-electron chi connectivity index (χ3n) is 4.99. The van der Waals surface area contributed by atoms with Gasteiger partial charge in [0.15, 0.2) is 5.82 Å². The fourth-order valence-corrected chi connectivity index (χ4v) is 4.01. The number of nitrogens with one attached hydrogen (secondary N) is 1. The Morgan fingerprint density at radius 2 is 2.00 bits per heavy atom. The summed E-state index contributed by atoms with van der Waals surface area (Å²) >= 11 is 3.44. The summed E-state index contributed by atoms with van der Waals surface area (Å²) in [5.74, 6) is 1.15. The van der Waals surface area contributed by atoms with Crippen LogP contribution in [0.4, 0.5) is 11.5 Å². The Morgan fingerprint density at radius 1 is 1.21 bits per heavy atom. The van der Waals surface area contributed by atoms with Crippen LogP contribution in [0.5, 0.6) is 5.88 Å². The molecule has 0 saturated carbocycles. The van der Waals surface area contributed by atoms with Gasteiger partial charge < -0.3 is 15.0 Å². The van der Waals surface area contributed by atoms with E-state index in [9.17, 15) is 4.79 Å². The highest BCUT2D eigenvalue weighted by Crippen LogP contribution is 2.31. The van der Waals surface area contributed by atoms with Gasteiger partial charge in [0, 0.05) is 23.2 Å². The molecule has 4 rings (SSSR count). The van der Waals surface area contributed by atoms with Crippen LogP contribution in [-0.4, -0.2) is 35.6 Å². The van der Waals surface area contributed by atoms with E-state index in [1.807, 2.05) is 55.5 Å². The van der Waals surface area contributed by atoms with E-state index < -0.39 is 0 Å². The van der Waals surface area contributed by atoms with Crippen LogP contribution < -0.4 is 15.0 Å². The average molecular weight is 455 g/mol. The average Bonchev–Trinajstić information content (AvgIpc) is 2.73. The summed E-state index contributed by atoms with van der Waals surface area (Å²) in [6, 6.07) is 15.4. The molecule has 1 aromatic heterocycles. The molecule has 2 aromatic carbocycles. The molecule has 0 spiro atoms. The van der Waals surface area contributed by atoms with Gasteiger partial charge in [0.1, 0.15) is 0 Å². The van der Waals surface area contributed by atoms with Crippen molar-refractivity contribution in [2.75, 3.05) is 29.9 Å². The molecule has 1 atom stereocenters. The van der Waals surface area contributed by atoms with Gasteiger partial charge in [0.05, 0.1) is 23.6 Å². The number of ether oxygens (including phenoxy) is 1. The molecule has 1 aliphatic rings. The van der Waals surface area contributed by atoms with Gasteiger partial charge in [-0.25, -0.2) is 9.97 Å². The predicted molar refractivity (Wildman–Crippen MR) is 118 cm³/mol. The van der Waals surface area contributed by atoms with Gasteiger partial charge in [-0.15, -0.1) is 0 Å². The molecule has 150 valence electrons. The number of amides is 1. The number of aromatic nitrogens is 2. The molecular formula is C22H23BrN4O2. The van der Waals surface area contributed by atoms with Crippen molar-refractivity contribution in [3.05, 3.63) is 53.0 Å². The third kappa shape index (κ3) is 4.50. The second-order valence-corrected chi connectivity index (χ2v) is 7.97. The van der Waals surface area contributed by atoms with E-state index in [4.69, 9.17) is 9.72 Å². The zero-order chi connectivity index (χ0) is 20.2. The maximum Gasteiger partial charge on any atom is 0.258 e. The lowest BCUT2D eigenvalue weighted by molar-refractivity contribution is -0.120. The number of carbonyl (C=O) groups is 1. The van der Waals surface area contributed by atoms with Crippen molar-refractivity contribution in [2.45, 2.75) is 19.8 Å². The molecule has 29 heavy (non-hydrogen) atoms. The summed E-state index contributed by atoms with van der Waals surface area (Å²) in [7, 11) is 0. The van der Waals surface area contributed by atoms with Crippen LogP contribution in [-0.2, 0) is 4.79 Å². The Kier molecular flexibility index (Phi) is 5.94. The first-order chi connectivity index (χ1) is 14.1. The van der Waals surface area contributed by atoms with Crippen molar-refractivity contribution >= 4 is 44.4 Å². The van der Waals surface area contributed by atoms with Gasteiger partial charge in [-0.2, -0.15) is 0 Å². The molecule has 3 aromatic rings. The van der Waals surface area contributed by atoms with Crippen molar-refractivity contribution in [1.82, 2.24) is 9.97 Å². The number of anilines is 2. The number of piperidine rings is 1. The second kappa shape index (κ2) is 8.78. The normalized spacial score (nSPS) is 16.6. The van der Waals surface area contributed by atoms with Crippen LogP contribution in [0.3, 0.4) is 0 Å². The largest absolute Gasteiger partial charge is 0.475 e. The Balaban J connectivity index is 1.56. The van der Waals surface area contributed by atoms with Gasteiger partial charge in [-0.1, -0.05) is 34.1 Å². The summed E-state index contributed by atoms with van der Waals surface area (Å²) in [6.07, 6.45) is 1.76. The van der Waals surface area contributed by atoms with Gasteiger partial charge in [0.2, 0.25) is 5.91 Å². The van der Waals surface area contributed by atoms with Crippen LogP contribution in [0, 0.1) is 5.92 Å². The number of rotatable bonds is 5. The van der Waals surface area contributed by atoms with Crippen molar-refractivity contribution in [3.8, 4) is 5.88 Å². The van der Waals surface area contributed by atoms with Gasteiger partial charge >= 0.3 is 0 Å². The molecule has 1 saturated heterocycles. The van der Waals surface area contributed by atoms with E-state index in [1.165, 1.54) is 0 Å². The Bertz CT molecular complexity index is 1030. The highest BCUT2D eigenvalue weighted by Gasteiger charge is 2.29. The van der Waals surface area contributed by atoms with Gasteiger partial charge in [0.25, 0.3) is 5.88 Å². The van der Waals surface area contributed by atoms with E-state index in [0.29, 0.717) is 24.8 Å². The number of nitrogens with zero attached hydrogens (tertiary/aromatic N) is 3. The SMILES string of the molecule is CCOc1nc2ccccc2nc1N1CCC[C@H](C(=O)Nc2cccc(Br)c2)C1. The first kappa shape index (κ1) is 19.6. The molecular weight excluding hydrogens is 432 g/mol. The van der Waals surface area contributed by atoms with Crippen LogP contribution >= 0.6 is 15.9 Å². The highest BCUT2D eigenvalue weighted by atomic mass is 79.9. The number of fused-ring (bicyclic) bond motifs is 1. The monoisotopic (exact) mass is 454 g/mol. The summed E-state index contributed by atoms with van der Waals surface area (Å²) in [5.41, 5.74) is 2.43. The molecule has 0 radical (unpaired) electrons. The Morgan fingerprint density at radius 3 is 2.76 bits per heavy atom. The highest BCUT2D eigenvalue weighted by molar-refractivity contribution is 9.10. The summed E-state index contributed by atoms with van der Waals surface area (Å²) in [4.78, 5) is 24.4. The minimum atomic E-state index is -0.120. The molecule has 0 unspecified atom stereocenters. The molecule has 0 aliphatic carbocycles. The lowest BCUT2D eigenvalue weighted by Crippen LogP contribution is -2.41. The fourth-order valence-electron chi connectivity index (χ4n) is 3.61. The van der Waals surface area contributed by atoms with E-state index in [0.717, 1.165) is 40.6 Å². The third-order valence-corrected chi connectivity index (χ3v) is 5.48. The quantitative estimate of drug-likeness (QED) is 0.607. The van der Waals surface area contributed by atoms with Crippen LogP contribution in [0.2, 0.25) is 0 Å². The predicted octanol–water partition coefficient (Wildman–Crippen LogP) is 4.65. The first-order valence-corrected chi connectivity index (χ1v) is 10.6. The Labute approximate surface area is 178 Å². The van der Waals surface area contributed by atoms with E-state index in [1.54, 1.807) is 0 Å². The molecule has 1 amide bonds. The van der Waals surface area contributed by atoms with Crippen LogP contribution in [0.15, 0.2) is 53.0 Å². The number of halogens is 1. The molecule has 7 heteroatoms. The van der Waals surface area contributed by atoms with Crippen molar-refractivity contribution in [3.63, 3.8) is 0 Å². The fraction of sp³-hybridized carbons (Fsp3) is 0.318. The van der Waals surface area contributed by atoms with E-state index in [2.05, 4.69) is 31.1 Å². The van der Waals surface area contributed by atoms with Crippen LogP contribution in [0.1, 0.15) is 19.8 Å². The zero-order valence-electron chi connectivity index (χ0n) is 16.3. The minimum Gasteiger partial charge on any atom is -0.475 e. The standard InChI is InChI=1S/C22H23BrN4O2/c1-2-29-22-20(25-18-10-3-4-11-19(18)26-22)27-12-6-7-15(14-27)21(28)24-17-9-5-8-16(23)13-17/h3-5,8-11,13,15H,2,6-7,12,14H2,1H3,(H,24,28)/t15-/m0/s1. The number of hydrogen-bond acceptors (Lipinski definition) is 5. The minimum absolute atomic E-state index is 0.0273. The molecule has 1 fully saturated rings. The van der Waals surface area contributed by atoms with E-state index >= 15 is 0 Å². The lowest BCUT2D eigenvalue weighted by Gasteiger charge is -2.33. The Hall–Kier alpha value is -2.67. The maximum absolute atomic E-state index is 12.9. The maximum atomic E-state index is 12.9. The number of hydrogen-bond donors (Lipinski definition) is 1. The second-order valence-electron chi connectivity index (χ2n) is 7.06. The molecule has 0 bridgehead atoms.